The van der Waals surface area contributed by atoms with E-state index in [1.807, 2.05) is 12.1 Å². The van der Waals surface area contributed by atoms with Gasteiger partial charge in [-0.15, -0.1) is 0 Å². The van der Waals surface area contributed by atoms with Crippen molar-refractivity contribution in [2.75, 3.05) is 5.32 Å². The molecule has 0 aliphatic rings. The Morgan fingerprint density at radius 1 is 1.31 bits per heavy atom. The second-order valence-corrected chi connectivity index (χ2v) is 4.24. The highest BCUT2D eigenvalue weighted by Crippen LogP contribution is 2.15. The maximum atomic E-state index is 11.1. The molecule has 1 aromatic carbocycles. The number of hydrogen-bond acceptors (Lipinski definition) is 1. The van der Waals surface area contributed by atoms with Gasteiger partial charge in [0.05, 0.1) is 4.48 Å². The molecular weight excluding hydrogens is 298 g/mol. The van der Waals surface area contributed by atoms with Crippen LogP contribution in [-0.2, 0) is 4.79 Å². The largest absolute Gasteiger partial charge is 0.322 e. The summed E-state index contributed by atoms with van der Waals surface area (Å²) in [5.74, 6) is -0.234. The molecule has 1 amide bonds. The minimum atomic E-state index is -0.234. The Labute approximate surface area is 93.3 Å². The number of carbonyl (C=O) groups is 1. The number of carbonyl (C=O) groups excluding carboxylic acids is 1. The summed E-state index contributed by atoms with van der Waals surface area (Å²) in [5, 5.41) is 2.66. The third-order valence-electron chi connectivity index (χ3n) is 1.35. The van der Waals surface area contributed by atoms with Gasteiger partial charge in [0.1, 0.15) is 0 Å². The number of rotatable bonds is 2. The van der Waals surface area contributed by atoms with Crippen molar-refractivity contribution in [3.8, 4) is 0 Å². The van der Waals surface area contributed by atoms with Gasteiger partial charge in [-0.1, -0.05) is 22.5 Å². The zero-order valence-electron chi connectivity index (χ0n) is 6.68. The van der Waals surface area contributed by atoms with Gasteiger partial charge in [-0.2, -0.15) is 0 Å². The molecule has 0 aliphatic heterocycles. The maximum Gasteiger partial charge on any atom is 0.262 e. The Balaban J connectivity index is 2.70. The second-order valence-electron chi connectivity index (χ2n) is 2.37. The highest BCUT2D eigenvalue weighted by Gasteiger charge is 2.02. The van der Waals surface area contributed by atoms with Crippen LogP contribution in [0.5, 0.6) is 0 Å². The molecule has 0 unspecified atom stereocenters. The van der Waals surface area contributed by atoms with Crippen molar-refractivity contribution in [1.29, 1.82) is 0 Å². The first kappa shape index (κ1) is 10.5. The lowest BCUT2D eigenvalue weighted by Gasteiger charge is -2.02. The summed E-state index contributed by atoms with van der Waals surface area (Å²) in [6, 6.07) is 7.31. The van der Waals surface area contributed by atoms with Gasteiger partial charge in [0, 0.05) is 10.2 Å². The van der Waals surface area contributed by atoms with E-state index < -0.39 is 0 Å². The molecule has 4 heteroatoms. The average molecular weight is 305 g/mol. The molecule has 0 aromatic heterocycles. The van der Waals surface area contributed by atoms with Gasteiger partial charge in [-0.25, -0.2) is 0 Å². The number of benzene rings is 1. The van der Waals surface area contributed by atoms with Crippen LogP contribution in [-0.4, -0.2) is 5.91 Å². The van der Waals surface area contributed by atoms with Crippen molar-refractivity contribution in [2.45, 2.75) is 0 Å². The van der Waals surface area contributed by atoms with Crippen LogP contribution in [0.15, 0.2) is 39.8 Å². The summed E-state index contributed by atoms with van der Waals surface area (Å²) in [6.45, 7) is 3.46. The molecule has 0 radical (unpaired) electrons. The van der Waals surface area contributed by atoms with Crippen molar-refractivity contribution in [3.63, 3.8) is 0 Å². The second kappa shape index (κ2) is 4.58. The monoisotopic (exact) mass is 303 g/mol. The van der Waals surface area contributed by atoms with E-state index in [2.05, 4.69) is 43.8 Å². The molecule has 68 valence electrons. The van der Waals surface area contributed by atoms with Gasteiger partial charge < -0.3 is 5.32 Å². The van der Waals surface area contributed by atoms with Gasteiger partial charge in [-0.05, 0) is 40.2 Å². The van der Waals surface area contributed by atoms with E-state index in [4.69, 9.17) is 0 Å². The lowest BCUT2D eigenvalue weighted by molar-refractivity contribution is -0.112. The van der Waals surface area contributed by atoms with Crippen LogP contribution in [0.3, 0.4) is 0 Å². The molecule has 2 nitrogen and oxygen atoms in total. The molecule has 0 spiro atoms. The van der Waals surface area contributed by atoms with Crippen molar-refractivity contribution in [2.24, 2.45) is 0 Å². The first-order valence-corrected chi connectivity index (χ1v) is 5.09. The molecule has 0 saturated carbocycles. The number of halogens is 2. The van der Waals surface area contributed by atoms with Crippen LogP contribution in [0, 0.1) is 0 Å². The third kappa shape index (κ3) is 3.32. The number of hydrogen-bond donors (Lipinski definition) is 1. The Morgan fingerprint density at radius 3 is 2.31 bits per heavy atom. The molecule has 0 heterocycles. The SMILES string of the molecule is C=C(Br)C(=O)Nc1ccc(Br)cc1. The summed E-state index contributed by atoms with van der Waals surface area (Å²) >= 11 is 6.30. The van der Waals surface area contributed by atoms with Crippen LogP contribution >= 0.6 is 31.9 Å². The van der Waals surface area contributed by atoms with Crippen LogP contribution in [0.4, 0.5) is 5.69 Å². The zero-order valence-corrected chi connectivity index (χ0v) is 9.85. The fourth-order valence-electron chi connectivity index (χ4n) is 0.732. The van der Waals surface area contributed by atoms with Crippen LogP contribution in [0.25, 0.3) is 0 Å². The van der Waals surface area contributed by atoms with E-state index in [0.717, 1.165) is 10.2 Å². The van der Waals surface area contributed by atoms with E-state index in [0.29, 0.717) is 4.48 Å². The van der Waals surface area contributed by atoms with Crippen LogP contribution < -0.4 is 5.32 Å². The number of anilines is 1. The smallest absolute Gasteiger partial charge is 0.262 e. The predicted molar refractivity (Wildman–Crippen MR) is 60.8 cm³/mol. The number of nitrogens with one attached hydrogen (secondary N) is 1. The van der Waals surface area contributed by atoms with Gasteiger partial charge in [0.2, 0.25) is 0 Å². The molecule has 1 aromatic rings. The maximum absolute atomic E-state index is 11.1. The van der Waals surface area contributed by atoms with E-state index in [-0.39, 0.29) is 5.91 Å². The lowest BCUT2D eigenvalue weighted by Crippen LogP contribution is -2.10. The van der Waals surface area contributed by atoms with Gasteiger partial charge >= 0.3 is 0 Å². The Bertz CT molecular complexity index is 332. The molecule has 0 atom stereocenters. The summed E-state index contributed by atoms with van der Waals surface area (Å²) in [7, 11) is 0. The molecule has 1 N–H and O–H groups in total. The highest BCUT2D eigenvalue weighted by atomic mass is 79.9. The molecule has 0 saturated heterocycles. The summed E-state index contributed by atoms with van der Waals surface area (Å²) < 4.78 is 1.29. The van der Waals surface area contributed by atoms with E-state index in [9.17, 15) is 4.79 Å². The minimum absolute atomic E-state index is 0.234. The average Bonchev–Trinajstić information content (AvgIpc) is 2.08. The third-order valence-corrected chi connectivity index (χ3v) is 2.24. The molecule has 0 bridgehead atoms. The Kier molecular flexibility index (Phi) is 3.69. The van der Waals surface area contributed by atoms with Crippen molar-refractivity contribution >= 4 is 43.5 Å². The molecular formula is C9H7Br2NO. The fourth-order valence-corrected chi connectivity index (χ4v) is 1.10. The standard InChI is InChI=1S/C9H7Br2NO/c1-6(10)9(13)12-8-4-2-7(11)3-5-8/h2-5H,1H2,(H,12,13). The highest BCUT2D eigenvalue weighted by molar-refractivity contribution is 9.12. The number of amides is 1. The van der Waals surface area contributed by atoms with Crippen molar-refractivity contribution in [3.05, 3.63) is 39.8 Å². The van der Waals surface area contributed by atoms with E-state index in [1.165, 1.54) is 0 Å². The van der Waals surface area contributed by atoms with Gasteiger partial charge in [-0.3, -0.25) is 4.79 Å². The van der Waals surface area contributed by atoms with Crippen molar-refractivity contribution < 1.29 is 4.79 Å². The summed E-state index contributed by atoms with van der Waals surface area (Å²) in [5.41, 5.74) is 0.744. The molecule has 13 heavy (non-hydrogen) atoms. The first-order chi connectivity index (χ1) is 6.09. The van der Waals surface area contributed by atoms with E-state index >= 15 is 0 Å². The quantitative estimate of drug-likeness (QED) is 0.835. The zero-order chi connectivity index (χ0) is 9.84. The summed E-state index contributed by atoms with van der Waals surface area (Å²) in [6.07, 6.45) is 0. The van der Waals surface area contributed by atoms with Gasteiger partial charge in [0.25, 0.3) is 5.91 Å². The van der Waals surface area contributed by atoms with Crippen molar-refractivity contribution in [1.82, 2.24) is 0 Å². The summed E-state index contributed by atoms with van der Waals surface area (Å²) in [4.78, 5) is 11.1. The molecule has 0 aliphatic carbocycles. The van der Waals surface area contributed by atoms with Crippen LogP contribution in [0.1, 0.15) is 0 Å². The molecule has 0 fully saturated rings. The van der Waals surface area contributed by atoms with Crippen LogP contribution in [0.2, 0.25) is 0 Å². The fraction of sp³-hybridized carbons (Fsp3) is 0. The topological polar surface area (TPSA) is 29.1 Å². The predicted octanol–water partition coefficient (Wildman–Crippen LogP) is 3.30. The van der Waals surface area contributed by atoms with E-state index in [1.54, 1.807) is 12.1 Å². The minimum Gasteiger partial charge on any atom is -0.322 e. The Hall–Kier alpha value is -0.610. The van der Waals surface area contributed by atoms with Gasteiger partial charge in [0.15, 0.2) is 0 Å². The first-order valence-electron chi connectivity index (χ1n) is 3.51. The lowest BCUT2D eigenvalue weighted by atomic mass is 10.3. The Morgan fingerprint density at radius 2 is 1.85 bits per heavy atom. The molecule has 1 rings (SSSR count). The normalized spacial score (nSPS) is 9.38.